The van der Waals surface area contributed by atoms with Crippen LogP contribution in [0.5, 0.6) is 0 Å². The average molecular weight is 332 g/mol. The number of anilines is 1. The summed E-state index contributed by atoms with van der Waals surface area (Å²) in [4.78, 5) is 23.9. The number of benzene rings is 1. The number of amidine groups is 1. The first-order chi connectivity index (χ1) is 10.9. The fourth-order valence-corrected chi connectivity index (χ4v) is 2.75. The van der Waals surface area contributed by atoms with Crippen LogP contribution in [0.15, 0.2) is 34.5 Å². The van der Waals surface area contributed by atoms with Gasteiger partial charge in [-0.1, -0.05) is 43.3 Å². The van der Waals surface area contributed by atoms with E-state index in [0.29, 0.717) is 5.17 Å². The standard InChI is InChI=1S/C16H20N4O2S/c1-10(2)9-17-20-16-19-15(22)13(23-16)8-14(21)18-12-6-4-11(3)5-7-12/h4-7,9-10,13H,8H2,1-3H3,(H,18,21)(H,19,20,22)/b17-9-/t13-/m1/s1. The van der Waals surface area contributed by atoms with E-state index in [1.54, 1.807) is 6.21 Å². The Labute approximate surface area is 139 Å². The maximum absolute atomic E-state index is 12.0. The molecule has 7 heteroatoms. The molecule has 0 bridgehead atoms. The first-order valence-electron chi connectivity index (χ1n) is 7.39. The van der Waals surface area contributed by atoms with Gasteiger partial charge in [0.25, 0.3) is 0 Å². The minimum Gasteiger partial charge on any atom is -0.326 e. The smallest absolute Gasteiger partial charge is 0.240 e. The summed E-state index contributed by atoms with van der Waals surface area (Å²) in [5.74, 6) is -0.126. The number of carbonyl (C=O) groups excluding carboxylic acids is 2. The average Bonchev–Trinajstić information content (AvgIpc) is 2.81. The summed E-state index contributed by atoms with van der Waals surface area (Å²) >= 11 is 1.23. The minimum atomic E-state index is -0.478. The van der Waals surface area contributed by atoms with Crippen molar-refractivity contribution in [2.24, 2.45) is 16.1 Å². The Morgan fingerprint density at radius 3 is 2.74 bits per heavy atom. The van der Waals surface area contributed by atoms with E-state index in [9.17, 15) is 9.59 Å². The zero-order chi connectivity index (χ0) is 16.8. The van der Waals surface area contributed by atoms with Gasteiger partial charge < -0.3 is 10.6 Å². The monoisotopic (exact) mass is 332 g/mol. The molecule has 2 N–H and O–H groups in total. The summed E-state index contributed by atoms with van der Waals surface area (Å²) in [6.07, 6.45) is 1.79. The van der Waals surface area contributed by atoms with Crippen LogP contribution in [0.3, 0.4) is 0 Å². The highest BCUT2D eigenvalue weighted by atomic mass is 32.2. The Morgan fingerprint density at radius 2 is 2.09 bits per heavy atom. The van der Waals surface area contributed by atoms with Crippen molar-refractivity contribution in [3.05, 3.63) is 29.8 Å². The number of amides is 2. The van der Waals surface area contributed by atoms with E-state index >= 15 is 0 Å². The van der Waals surface area contributed by atoms with Crippen LogP contribution in [0.2, 0.25) is 0 Å². The van der Waals surface area contributed by atoms with Gasteiger partial charge in [0.15, 0.2) is 5.17 Å². The Bertz CT molecular complexity index is 638. The molecule has 1 aliphatic heterocycles. The summed E-state index contributed by atoms with van der Waals surface area (Å²) in [6, 6.07) is 7.51. The van der Waals surface area contributed by atoms with Gasteiger partial charge in [-0.2, -0.15) is 5.10 Å². The number of hydrogen-bond acceptors (Lipinski definition) is 5. The highest BCUT2D eigenvalue weighted by Gasteiger charge is 2.32. The molecule has 0 aromatic heterocycles. The molecule has 1 aromatic rings. The molecule has 0 spiro atoms. The lowest BCUT2D eigenvalue weighted by Crippen LogP contribution is -2.28. The van der Waals surface area contributed by atoms with Gasteiger partial charge >= 0.3 is 0 Å². The molecule has 2 amide bonds. The maximum Gasteiger partial charge on any atom is 0.240 e. The predicted molar refractivity (Wildman–Crippen MR) is 94.7 cm³/mol. The van der Waals surface area contributed by atoms with Gasteiger partial charge in [0.05, 0.1) is 0 Å². The summed E-state index contributed by atoms with van der Waals surface area (Å²) in [5.41, 5.74) is 1.84. The molecule has 1 heterocycles. The number of thioether (sulfide) groups is 1. The van der Waals surface area contributed by atoms with Crippen molar-refractivity contribution in [1.82, 2.24) is 5.32 Å². The van der Waals surface area contributed by atoms with E-state index in [4.69, 9.17) is 0 Å². The number of nitrogens with one attached hydrogen (secondary N) is 2. The van der Waals surface area contributed by atoms with Crippen LogP contribution in [0, 0.1) is 12.8 Å². The number of nitrogens with zero attached hydrogens (tertiary/aromatic N) is 2. The van der Waals surface area contributed by atoms with Crippen LogP contribution >= 0.6 is 11.8 Å². The maximum atomic E-state index is 12.0. The molecule has 1 aliphatic rings. The molecular formula is C16H20N4O2S. The van der Waals surface area contributed by atoms with E-state index in [0.717, 1.165) is 11.3 Å². The molecule has 0 saturated carbocycles. The number of carbonyl (C=O) groups is 2. The van der Waals surface area contributed by atoms with E-state index in [1.807, 2.05) is 45.0 Å². The summed E-state index contributed by atoms with van der Waals surface area (Å²) in [7, 11) is 0. The van der Waals surface area contributed by atoms with E-state index in [1.165, 1.54) is 11.8 Å². The van der Waals surface area contributed by atoms with E-state index in [2.05, 4.69) is 20.8 Å². The second-order valence-electron chi connectivity index (χ2n) is 5.63. The van der Waals surface area contributed by atoms with Crippen molar-refractivity contribution in [2.45, 2.75) is 32.4 Å². The zero-order valence-corrected chi connectivity index (χ0v) is 14.2. The summed E-state index contributed by atoms with van der Waals surface area (Å²) in [5, 5.41) is 13.2. The highest BCUT2D eigenvalue weighted by Crippen LogP contribution is 2.23. The molecule has 2 rings (SSSR count). The first kappa shape index (κ1) is 17.2. The minimum absolute atomic E-state index is 0.0945. The fraction of sp³-hybridized carbons (Fsp3) is 0.375. The summed E-state index contributed by atoms with van der Waals surface area (Å²) < 4.78 is 0. The molecule has 0 radical (unpaired) electrons. The van der Waals surface area contributed by atoms with Crippen LogP contribution in [0.1, 0.15) is 25.8 Å². The molecule has 0 unspecified atom stereocenters. The second kappa shape index (κ2) is 7.92. The summed E-state index contributed by atoms with van der Waals surface area (Å²) in [6.45, 7) is 5.96. The zero-order valence-electron chi connectivity index (χ0n) is 13.4. The first-order valence-corrected chi connectivity index (χ1v) is 8.27. The normalized spacial score (nSPS) is 19.6. The second-order valence-corrected chi connectivity index (χ2v) is 6.82. The Morgan fingerprint density at radius 1 is 1.39 bits per heavy atom. The lowest BCUT2D eigenvalue weighted by molar-refractivity contribution is -0.122. The van der Waals surface area contributed by atoms with Crippen LogP contribution in [0.25, 0.3) is 0 Å². The molecule has 1 fully saturated rings. The third kappa shape index (κ3) is 5.52. The third-order valence-electron chi connectivity index (χ3n) is 3.00. The van der Waals surface area contributed by atoms with Crippen LogP contribution < -0.4 is 10.6 Å². The molecule has 6 nitrogen and oxygen atoms in total. The molecule has 1 atom stereocenters. The van der Waals surface area contributed by atoms with Crippen LogP contribution in [-0.2, 0) is 9.59 Å². The molecular weight excluding hydrogens is 312 g/mol. The number of aryl methyl sites for hydroxylation is 1. The van der Waals surface area contributed by atoms with Gasteiger partial charge in [-0.25, -0.2) is 0 Å². The van der Waals surface area contributed by atoms with Crippen molar-refractivity contribution in [3.8, 4) is 0 Å². The third-order valence-corrected chi connectivity index (χ3v) is 4.07. The van der Waals surface area contributed by atoms with Gasteiger partial charge in [-0.05, 0) is 25.0 Å². The fourth-order valence-electron chi connectivity index (χ4n) is 1.82. The topological polar surface area (TPSA) is 82.9 Å². The van der Waals surface area contributed by atoms with E-state index in [-0.39, 0.29) is 24.2 Å². The van der Waals surface area contributed by atoms with E-state index < -0.39 is 5.25 Å². The largest absolute Gasteiger partial charge is 0.326 e. The van der Waals surface area contributed by atoms with Crippen molar-refractivity contribution in [1.29, 1.82) is 0 Å². The van der Waals surface area contributed by atoms with Crippen molar-refractivity contribution < 1.29 is 9.59 Å². The van der Waals surface area contributed by atoms with Gasteiger partial charge in [0, 0.05) is 18.3 Å². The van der Waals surface area contributed by atoms with Gasteiger partial charge in [0.2, 0.25) is 11.8 Å². The van der Waals surface area contributed by atoms with Crippen LogP contribution in [-0.4, -0.2) is 28.4 Å². The van der Waals surface area contributed by atoms with Crippen molar-refractivity contribution in [2.75, 3.05) is 5.32 Å². The molecule has 122 valence electrons. The SMILES string of the molecule is Cc1ccc(NC(=O)C[C@H]2S/C(=N/N=C\C(C)C)NC2=O)cc1. The molecule has 1 saturated heterocycles. The molecule has 0 aliphatic carbocycles. The Kier molecular flexibility index (Phi) is 5.92. The van der Waals surface area contributed by atoms with Gasteiger partial charge in [-0.3, -0.25) is 9.59 Å². The number of rotatable bonds is 5. The highest BCUT2D eigenvalue weighted by molar-refractivity contribution is 8.15. The van der Waals surface area contributed by atoms with Crippen molar-refractivity contribution in [3.63, 3.8) is 0 Å². The van der Waals surface area contributed by atoms with Crippen molar-refractivity contribution >= 4 is 40.6 Å². The predicted octanol–water partition coefficient (Wildman–Crippen LogP) is 2.55. The van der Waals surface area contributed by atoms with Gasteiger partial charge in [0.1, 0.15) is 5.25 Å². The lowest BCUT2D eigenvalue weighted by Gasteiger charge is -2.07. The Hall–Kier alpha value is -2.15. The Balaban J connectivity index is 1.88. The number of hydrogen-bond donors (Lipinski definition) is 2. The van der Waals surface area contributed by atoms with Gasteiger partial charge in [-0.15, -0.1) is 5.10 Å². The molecule has 23 heavy (non-hydrogen) atoms. The molecule has 1 aromatic carbocycles. The van der Waals surface area contributed by atoms with Crippen LogP contribution in [0.4, 0.5) is 5.69 Å². The lowest BCUT2D eigenvalue weighted by atomic mass is 10.2. The quantitative estimate of drug-likeness (QED) is 0.642.